The Morgan fingerprint density at radius 2 is 2.30 bits per heavy atom. The molecule has 1 amide bonds. The third kappa shape index (κ3) is 3.85. The van der Waals surface area contributed by atoms with E-state index in [-0.39, 0.29) is 25.3 Å². The molecule has 6 nitrogen and oxygen atoms in total. The van der Waals surface area contributed by atoms with E-state index >= 15 is 0 Å². The lowest BCUT2D eigenvalue weighted by Crippen LogP contribution is -2.40. The van der Waals surface area contributed by atoms with E-state index in [9.17, 15) is 4.79 Å². The predicted molar refractivity (Wildman–Crippen MR) is 73.8 cm³/mol. The second kappa shape index (κ2) is 7.12. The number of ether oxygens (including phenoxy) is 3. The Bertz CT molecular complexity index is 464. The fourth-order valence-electron chi connectivity index (χ4n) is 2.06. The SMILES string of the molecule is COCC(C)NC(=O)CNCc1cccc2c1OCO2. The van der Waals surface area contributed by atoms with E-state index in [4.69, 9.17) is 14.2 Å². The van der Waals surface area contributed by atoms with Crippen molar-refractivity contribution in [1.29, 1.82) is 0 Å². The van der Waals surface area contributed by atoms with Crippen LogP contribution in [0.3, 0.4) is 0 Å². The summed E-state index contributed by atoms with van der Waals surface area (Å²) in [6.45, 7) is 3.46. The molecule has 1 aliphatic heterocycles. The minimum absolute atomic E-state index is 0.00649. The van der Waals surface area contributed by atoms with Crippen LogP contribution in [0, 0.1) is 0 Å². The molecule has 0 fully saturated rings. The van der Waals surface area contributed by atoms with Gasteiger partial charge in [-0.3, -0.25) is 4.79 Å². The van der Waals surface area contributed by atoms with Gasteiger partial charge >= 0.3 is 0 Å². The number of nitrogens with one attached hydrogen (secondary N) is 2. The first-order valence-corrected chi connectivity index (χ1v) is 6.57. The zero-order valence-corrected chi connectivity index (χ0v) is 11.8. The number of hydrogen-bond donors (Lipinski definition) is 2. The molecule has 20 heavy (non-hydrogen) atoms. The maximum Gasteiger partial charge on any atom is 0.234 e. The molecule has 1 aliphatic rings. The van der Waals surface area contributed by atoms with Crippen LogP contribution in [0.25, 0.3) is 0 Å². The fraction of sp³-hybridized carbons (Fsp3) is 0.500. The van der Waals surface area contributed by atoms with Crippen molar-refractivity contribution in [3.8, 4) is 11.5 Å². The number of rotatable bonds is 7. The summed E-state index contributed by atoms with van der Waals surface area (Å²) in [7, 11) is 1.61. The third-order valence-corrected chi connectivity index (χ3v) is 2.90. The number of carbonyl (C=O) groups is 1. The number of para-hydroxylation sites is 1. The number of benzene rings is 1. The van der Waals surface area contributed by atoms with Gasteiger partial charge in [0.1, 0.15) is 0 Å². The molecule has 0 saturated heterocycles. The van der Waals surface area contributed by atoms with Crippen molar-refractivity contribution in [1.82, 2.24) is 10.6 Å². The molecular formula is C14H20N2O4. The van der Waals surface area contributed by atoms with Gasteiger partial charge in [0, 0.05) is 25.3 Å². The minimum atomic E-state index is -0.0562. The van der Waals surface area contributed by atoms with E-state index < -0.39 is 0 Å². The summed E-state index contributed by atoms with van der Waals surface area (Å²) < 4.78 is 15.7. The Balaban J connectivity index is 1.76. The van der Waals surface area contributed by atoms with Crippen LogP contribution in [-0.4, -0.2) is 39.0 Å². The minimum Gasteiger partial charge on any atom is -0.454 e. The van der Waals surface area contributed by atoms with Gasteiger partial charge in [-0.2, -0.15) is 0 Å². The number of fused-ring (bicyclic) bond motifs is 1. The molecule has 0 spiro atoms. The molecule has 0 bridgehead atoms. The van der Waals surface area contributed by atoms with E-state index in [0.29, 0.717) is 13.2 Å². The third-order valence-electron chi connectivity index (χ3n) is 2.90. The van der Waals surface area contributed by atoms with E-state index in [1.54, 1.807) is 7.11 Å². The molecule has 1 aromatic carbocycles. The van der Waals surface area contributed by atoms with Crippen LogP contribution in [0.4, 0.5) is 0 Å². The van der Waals surface area contributed by atoms with E-state index in [1.807, 2.05) is 25.1 Å². The van der Waals surface area contributed by atoms with Gasteiger partial charge < -0.3 is 24.8 Å². The van der Waals surface area contributed by atoms with Crippen LogP contribution in [0.2, 0.25) is 0 Å². The first kappa shape index (κ1) is 14.6. The van der Waals surface area contributed by atoms with Crippen LogP contribution in [0.5, 0.6) is 11.5 Å². The molecule has 6 heteroatoms. The van der Waals surface area contributed by atoms with Crippen molar-refractivity contribution in [3.63, 3.8) is 0 Å². The molecule has 0 aliphatic carbocycles. The highest BCUT2D eigenvalue weighted by Crippen LogP contribution is 2.35. The number of carbonyl (C=O) groups excluding carboxylic acids is 1. The zero-order chi connectivity index (χ0) is 14.4. The van der Waals surface area contributed by atoms with Gasteiger partial charge in [-0.15, -0.1) is 0 Å². The van der Waals surface area contributed by atoms with Crippen molar-refractivity contribution >= 4 is 5.91 Å². The molecular weight excluding hydrogens is 260 g/mol. The normalized spacial score (nSPS) is 14.1. The first-order chi connectivity index (χ1) is 9.70. The lowest BCUT2D eigenvalue weighted by atomic mass is 10.2. The molecule has 0 aromatic heterocycles. The summed E-state index contributed by atoms with van der Waals surface area (Å²) >= 11 is 0. The lowest BCUT2D eigenvalue weighted by Gasteiger charge is -2.13. The van der Waals surface area contributed by atoms with E-state index in [0.717, 1.165) is 17.1 Å². The Kier molecular flexibility index (Phi) is 5.20. The maximum atomic E-state index is 11.7. The van der Waals surface area contributed by atoms with Gasteiger partial charge in [0.2, 0.25) is 12.7 Å². The number of amides is 1. The fourth-order valence-corrected chi connectivity index (χ4v) is 2.06. The zero-order valence-electron chi connectivity index (χ0n) is 11.8. The van der Waals surface area contributed by atoms with Crippen molar-refractivity contribution in [2.45, 2.75) is 19.5 Å². The Labute approximate surface area is 118 Å². The molecule has 1 atom stereocenters. The van der Waals surface area contributed by atoms with Gasteiger partial charge in [0.05, 0.1) is 13.2 Å². The van der Waals surface area contributed by atoms with Gasteiger partial charge in [0.25, 0.3) is 0 Å². The average Bonchev–Trinajstić information content (AvgIpc) is 2.88. The number of methoxy groups -OCH3 is 1. The van der Waals surface area contributed by atoms with Crippen LogP contribution >= 0.6 is 0 Å². The molecule has 1 aromatic rings. The summed E-state index contributed by atoms with van der Waals surface area (Å²) in [6.07, 6.45) is 0. The molecule has 110 valence electrons. The average molecular weight is 280 g/mol. The molecule has 1 heterocycles. The van der Waals surface area contributed by atoms with Crippen LogP contribution in [-0.2, 0) is 16.1 Å². The topological polar surface area (TPSA) is 68.8 Å². The lowest BCUT2D eigenvalue weighted by molar-refractivity contribution is -0.121. The smallest absolute Gasteiger partial charge is 0.234 e. The largest absolute Gasteiger partial charge is 0.454 e. The molecule has 2 N–H and O–H groups in total. The highest BCUT2D eigenvalue weighted by Gasteiger charge is 2.16. The maximum absolute atomic E-state index is 11.7. The summed E-state index contributed by atoms with van der Waals surface area (Å²) in [5.41, 5.74) is 0.984. The second-order valence-electron chi connectivity index (χ2n) is 4.68. The van der Waals surface area contributed by atoms with Crippen LogP contribution < -0.4 is 20.1 Å². The van der Waals surface area contributed by atoms with Crippen LogP contribution in [0.15, 0.2) is 18.2 Å². The monoisotopic (exact) mass is 280 g/mol. The number of hydrogen-bond acceptors (Lipinski definition) is 5. The predicted octanol–water partition coefficient (Wildman–Crippen LogP) is 0.656. The van der Waals surface area contributed by atoms with Crippen LogP contribution in [0.1, 0.15) is 12.5 Å². The van der Waals surface area contributed by atoms with Crippen molar-refractivity contribution in [2.75, 3.05) is 27.1 Å². The Morgan fingerprint density at radius 3 is 3.10 bits per heavy atom. The quantitative estimate of drug-likeness (QED) is 0.768. The van der Waals surface area contributed by atoms with Crippen molar-refractivity contribution in [3.05, 3.63) is 23.8 Å². The Hall–Kier alpha value is -1.79. The second-order valence-corrected chi connectivity index (χ2v) is 4.68. The van der Waals surface area contributed by atoms with Crippen molar-refractivity contribution in [2.24, 2.45) is 0 Å². The highest BCUT2D eigenvalue weighted by molar-refractivity contribution is 5.78. The summed E-state index contributed by atoms with van der Waals surface area (Å²) in [5.74, 6) is 1.45. The summed E-state index contributed by atoms with van der Waals surface area (Å²) in [6, 6.07) is 5.73. The van der Waals surface area contributed by atoms with Gasteiger partial charge in [-0.1, -0.05) is 12.1 Å². The molecule has 0 saturated carbocycles. The standard InChI is InChI=1S/C14H20N2O4/c1-10(8-18-2)16-13(17)7-15-6-11-4-3-5-12-14(11)20-9-19-12/h3-5,10,15H,6-9H2,1-2H3,(H,16,17). The van der Waals surface area contributed by atoms with E-state index in [1.165, 1.54) is 0 Å². The van der Waals surface area contributed by atoms with E-state index in [2.05, 4.69) is 10.6 Å². The van der Waals surface area contributed by atoms with Crippen molar-refractivity contribution < 1.29 is 19.0 Å². The van der Waals surface area contributed by atoms with Gasteiger partial charge in [0.15, 0.2) is 11.5 Å². The first-order valence-electron chi connectivity index (χ1n) is 6.57. The summed E-state index contributed by atoms with van der Waals surface area (Å²) in [5, 5.41) is 5.93. The Morgan fingerprint density at radius 1 is 1.45 bits per heavy atom. The van der Waals surface area contributed by atoms with Gasteiger partial charge in [-0.05, 0) is 13.0 Å². The summed E-state index contributed by atoms with van der Waals surface area (Å²) in [4.78, 5) is 11.7. The molecule has 1 unspecified atom stereocenters. The highest BCUT2D eigenvalue weighted by atomic mass is 16.7. The molecule has 0 radical (unpaired) electrons. The molecule has 2 rings (SSSR count). The van der Waals surface area contributed by atoms with Gasteiger partial charge in [-0.25, -0.2) is 0 Å².